The monoisotopic (exact) mass is 505 g/mol. The molecule has 0 aliphatic carbocycles. The maximum absolute atomic E-state index is 13.5. The van der Waals surface area contributed by atoms with Crippen LogP contribution in [-0.4, -0.2) is 50.0 Å². The van der Waals surface area contributed by atoms with Crippen LogP contribution in [-0.2, 0) is 31.6 Å². The summed E-state index contributed by atoms with van der Waals surface area (Å²) in [4.78, 5) is 27.5. The molecule has 0 heterocycles. The number of nitrogens with zero attached hydrogens (tertiary/aromatic N) is 2. The average Bonchev–Trinajstić information content (AvgIpc) is 2.74. The van der Waals surface area contributed by atoms with Gasteiger partial charge >= 0.3 is 0 Å². The van der Waals surface area contributed by atoms with Crippen molar-refractivity contribution < 1.29 is 22.4 Å². The molecule has 2 rings (SSSR count). The zero-order valence-corrected chi connectivity index (χ0v) is 22.3. The summed E-state index contributed by atoms with van der Waals surface area (Å²) in [5, 5.41) is 2.78. The lowest BCUT2D eigenvalue weighted by atomic mass is 9.87. The highest BCUT2D eigenvalue weighted by atomic mass is 32.2. The molecule has 0 saturated carbocycles. The summed E-state index contributed by atoms with van der Waals surface area (Å²) in [5.74, 6) is -1.33. The van der Waals surface area contributed by atoms with Crippen molar-refractivity contribution >= 4 is 27.5 Å². The van der Waals surface area contributed by atoms with E-state index in [2.05, 4.69) is 26.1 Å². The molecule has 0 aliphatic heterocycles. The molecule has 0 bridgehead atoms. The second-order valence-corrected chi connectivity index (χ2v) is 12.0. The zero-order chi connectivity index (χ0) is 26.6. The number of halogens is 1. The van der Waals surface area contributed by atoms with Crippen LogP contribution in [0.3, 0.4) is 0 Å². The lowest BCUT2D eigenvalue weighted by molar-refractivity contribution is -0.139. The van der Waals surface area contributed by atoms with Gasteiger partial charge in [0.25, 0.3) is 0 Å². The van der Waals surface area contributed by atoms with Crippen LogP contribution in [0.15, 0.2) is 48.5 Å². The summed E-state index contributed by atoms with van der Waals surface area (Å²) in [7, 11) is -3.80. The molecule has 1 N–H and O–H groups in total. The van der Waals surface area contributed by atoms with E-state index in [1.807, 2.05) is 26.0 Å². The number of hydrogen-bond acceptors (Lipinski definition) is 4. The number of rotatable bonds is 9. The predicted molar refractivity (Wildman–Crippen MR) is 137 cm³/mol. The van der Waals surface area contributed by atoms with E-state index in [1.54, 1.807) is 19.1 Å². The van der Waals surface area contributed by atoms with Gasteiger partial charge in [0.05, 0.1) is 11.9 Å². The van der Waals surface area contributed by atoms with Gasteiger partial charge in [0.1, 0.15) is 18.4 Å². The van der Waals surface area contributed by atoms with Gasteiger partial charge in [0.2, 0.25) is 21.8 Å². The van der Waals surface area contributed by atoms with E-state index < -0.39 is 34.3 Å². The normalized spacial score (nSPS) is 12.8. The Balaban J connectivity index is 2.39. The molecule has 2 aromatic carbocycles. The fourth-order valence-electron chi connectivity index (χ4n) is 3.52. The van der Waals surface area contributed by atoms with Crippen LogP contribution in [0, 0.1) is 5.82 Å². The van der Waals surface area contributed by atoms with E-state index >= 15 is 0 Å². The van der Waals surface area contributed by atoms with Crippen molar-refractivity contribution in [3.05, 3.63) is 65.5 Å². The largest absolute Gasteiger partial charge is 0.352 e. The fourth-order valence-corrected chi connectivity index (χ4v) is 4.37. The van der Waals surface area contributed by atoms with Gasteiger partial charge < -0.3 is 10.2 Å². The van der Waals surface area contributed by atoms with Gasteiger partial charge in [-0.3, -0.25) is 13.9 Å². The third kappa shape index (κ3) is 8.06. The Morgan fingerprint density at radius 1 is 0.971 bits per heavy atom. The Hall–Kier alpha value is -2.94. The number of hydrogen-bond donors (Lipinski definition) is 1. The first-order chi connectivity index (χ1) is 16.1. The van der Waals surface area contributed by atoms with Crippen molar-refractivity contribution in [1.29, 1.82) is 0 Å². The van der Waals surface area contributed by atoms with E-state index in [1.165, 1.54) is 29.2 Å². The van der Waals surface area contributed by atoms with Gasteiger partial charge in [-0.15, -0.1) is 0 Å². The van der Waals surface area contributed by atoms with Crippen LogP contribution < -0.4 is 9.62 Å². The van der Waals surface area contributed by atoms with Crippen molar-refractivity contribution in [3.8, 4) is 0 Å². The Morgan fingerprint density at radius 3 is 1.97 bits per heavy atom. The molecule has 0 radical (unpaired) electrons. The molecular weight excluding hydrogens is 469 g/mol. The quantitative estimate of drug-likeness (QED) is 0.561. The SMILES string of the molecule is CC(C)NC(=O)[C@H](C)N(Cc1ccc(F)cc1)C(=O)CN(c1ccc(C(C)(C)C)cc1)S(C)(=O)=O. The number of amides is 2. The maximum Gasteiger partial charge on any atom is 0.244 e. The van der Waals surface area contributed by atoms with E-state index in [9.17, 15) is 22.4 Å². The minimum Gasteiger partial charge on any atom is -0.352 e. The Bertz CT molecular complexity index is 1120. The van der Waals surface area contributed by atoms with Gasteiger partial charge in [-0.25, -0.2) is 12.8 Å². The summed E-state index contributed by atoms with van der Waals surface area (Å²) in [5.41, 5.74) is 1.88. The second-order valence-electron chi connectivity index (χ2n) is 10.1. The van der Waals surface area contributed by atoms with Gasteiger partial charge in [0, 0.05) is 12.6 Å². The zero-order valence-electron chi connectivity index (χ0n) is 21.5. The molecule has 2 amide bonds. The van der Waals surface area contributed by atoms with E-state index in [-0.39, 0.29) is 23.9 Å². The van der Waals surface area contributed by atoms with Crippen molar-refractivity contribution in [3.63, 3.8) is 0 Å². The molecule has 0 unspecified atom stereocenters. The highest BCUT2D eigenvalue weighted by Gasteiger charge is 2.30. The molecule has 0 saturated heterocycles. The van der Waals surface area contributed by atoms with Crippen LogP contribution in [0.4, 0.5) is 10.1 Å². The lowest BCUT2D eigenvalue weighted by Crippen LogP contribution is -2.52. The van der Waals surface area contributed by atoms with E-state index in [0.717, 1.165) is 16.1 Å². The first-order valence-corrected chi connectivity index (χ1v) is 13.4. The number of sulfonamides is 1. The number of benzene rings is 2. The van der Waals surface area contributed by atoms with Crippen LogP contribution in [0.5, 0.6) is 0 Å². The van der Waals surface area contributed by atoms with Crippen molar-refractivity contribution in [2.75, 3.05) is 17.1 Å². The standard InChI is InChI=1S/C26H36FN3O4S/c1-18(2)28-25(32)19(3)29(16-20-8-12-22(27)13-9-20)24(31)17-30(35(7,33)34)23-14-10-21(11-15-23)26(4,5)6/h8-15,18-19H,16-17H2,1-7H3,(H,28,32)/t19-/m0/s1. The summed E-state index contributed by atoms with van der Waals surface area (Å²) in [6.45, 7) is 10.9. The minimum atomic E-state index is -3.80. The topological polar surface area (TPSA) is 86.8 Å². The Morgan fingerprint density at radius 2 is 1.51 bits per heavy atom. The molecule has 0 fully saturated rings. The summed E-state index contributed by atoms with van der Waals surface area (Å²) in [6.07, 6.45) is 1.04. The van der Waals surface area contributed by atoms with E-state index in [4.69, 9.17) is 0 Å². The molecule has 0 spiro atoms. The lowest BCUT2D eigenvalue weighted by Gasteiger charge is -2.32. The van der Waals surface area contributed by atoms with Crippen LogP contribution in [0.1, 0.15) is 52.7 Å². The molecule has 7 nitrogen and oxygen atoms in total. The van der Waals surface area contributed by atoms with Gasteiger partial charge in [0.15, 0.2) is 0 Å². The van der Waals surface area contributed by atoms with Gasteiger partial charge in [-0.1, -0.05) is 45.0 Å². The first-order valence-electron chi connectivity index (χ1n) is 11.5. The Labute approximate surface area is 208 Å². The summed E-state index contributed by atoms with van der Waals surface area (Å²) < 4.78 is 39.7. The second kappa shape index (κ2) is 11.2. The number of carbonyl (C=O) groups excluding carboxylic acids is 2. The molecule has 0 aromatic heterocycles. The molecule has 35 heavy (non-hydrogen) atoms. The van der Waals surface area contributed by atoms with Crippen LogP contribution >= 0.6 is 0 Å². The fraction of sp³-hybridized carbons (Fsp3) is 0.462. The van der Waals surface area contributed by atoms with Crippen LogP contribution in [0.25, 0.3) is 0 Å². The Kier molecular flexibility index (Phi) is 9.06. The average molecular weight is 506 g/mol. The summed E-state index contributed by atoms with van der Waals surface area (Å²) in [6, 6.07) is 11.6. The summed E-state index contributed by atoms with van der Waals surface area (Å²) >= 11 is 0. The highest BCUT2D eigenvalue weighted by molar-refractivity contribution is 7.92. The number of nitrogens with one attached hydrogen (secondary N) is 1. The van der Waals surface area contributed by atoms with Crippen molar-refractivity contribution in [2.24, 2.45) is 0 Å². The smallest absolute Gasteiger partial charge is 0.244 e. The van der Waals surface area contributed by atoms with Crippen molar-refractivity contribution in [2.45, 2.75) is 65.6 Å². The molecule has 1 atom stereocenters. The first kappa shape index (κ1) is 28.3. The molecular formula is C26H36FN3O4S. The van der Waals surface area contributed by atoms with Gasteiger partial charge in [-0.05, 0) is 61.6 Å². The molecule has 192 valence electrons. The third-order valence-corrected chi connectivity index (χ3v) is 6.71. The number of anilines is 1. The molecule has 9 heteroatoms. The maximum atomic E-state index is 13.5. The highest BCUT2D eigenvalue weighted by Crippen LogP contribution is 2.26. The minimum absolute atomic E-state index is 0.0202. The predicted octanol–water partition coefficient (Wildman–Crippen LogP) is 3.83. The third-order valence-electron chi connectivity index (χ3n) is 5.56. The van der Waals surface area contributed by atoms with Crippen LogP contribution in [0.2, 0.25) is 0 Å². The molecule has 0 aliphatic rings. The molecule has 2 aromatic rings. The van der Waals surface area contributed by atoms with Gasteiger partial charge in [-0.2, -0.15) is 0 Å². The number of carbonyl (C=O) groups is 2. The van der Waals surface area contributed by atoms with E-state index in [0.29, 0.717) is 11.3 Å². The van der Waals surface area contributed by atoms with Crippen molar-refractivity contribution in [1.82, 2.24) is 10.2 Å².